The van der Waals surface area contributed by atoms with Crippen LogP contribution in [0.25, 0.3) is 0 Å². The Kier molecular flexibility index (Phi) is 8.24. The SMILES string of the molecule is [B]=NC1CC(CNC(=O)CN2CC(N=[B])CC2CNC)N(CC(C)=O)C1. The number of rotatable bonds is 10. The molecule has 1 amide bonds. The fraction of sp³-hybridized carbons (Fsp3) is 0.875. The zero-order valence-corrected chi connectivity index (χ0v) is 15.7. The molecule has 0 aliphatic carbocycles. The van der Waals surface area contributed by atoms with Gasteiger partial charge in [0, 0.05) is 0 Å². The normalized spacial score (nSPS) is 29.5. The Bertz CT molecular complexity index is 535. The summed E-state index contributed by atoms with van der Waals surface area (Å²) >= 11 is 0. The molecular weight excluding hydrogens is 330 g/mol. The molecule has 2 rings (SSSR count). The molecule has 0 saturated carbocycles. The van der Waals surface area contributed by atoms with Crippen molar-refractivity contribution in [2.24, 2.45) is 9.79 Å². The monoisotopic (exact) mass is 358 g/mol. The summed E-state index contributed by atoms with van der Waals surface area (Å²) in [5.74, 6) is 0.0715. The van der Waals surface area contributed by atoms with Gasteiger partial charge in [0.2, 0.25) is 0 Å². The molecule has 4 unspecified atom stereocenters. The van der Waals surface area contributed by atoms with Gasteiger partial charge in [-0.2, -0.15) is 0 Å². The Morgan fingerprint density at radius 1 is 1.00 bits per heavy atom. The van der Waals surface area contributed by atoms with Gasteiger partial charge in [-0.15, -0.1) is 0 Å². The Balaban J connectivity index is 1.84. The first-order chi connectivity index (χ1) is 12.5. The van der Waals surface area contributed by atoms with Crippen LogP contribution in [0.15, 0.2) is 9.79 Å². The Labute approximate surface area is 157 Å². The van der Waals surface area contributed by atoms with Crippen LogP contribution in [0.1, 0.15) is 19.8 Å². The van der Waals surface area contributed by atoms with Crippen molar-refractivity contribution >= 4 is 27.0 Å². The summed E-state index contributed by atoms with van der Waals surface area (Å²) in [4.78, 5) is 35.8. The number of hydrogen-bond acceptors (Lipinski definition) is 7. The minimum absolute atomic E-state index is 0.0155. The number of likely N-dealkylation sites (N-methyl/N-ethyl adjacent to an activating group) is 1. The van der Waals surface area contributed by atoms with Crippen LogP contribution in [-0.4, -0.2) is 107 Å². The molecule has 2 aliphatic rings. The Hall–Kier alpha value is -1.25. The van der Waals surface area contributed by atoms with Gasteiger partial charge in [0.05, 0.1) is 0 Å². The third-order valence-corrected chi connectivity index (χ3v) is 5.18. The second-order valence-corrected chi connectivity index (χ2v) is 7.31. The van der Waals surface area contributed by atoms with E-state index in [1.165, 1.54) is 0 Å². The van der Waals surface area contributed by atoms with E-state index in [-0.39, 0.29) is 35.9 Å². The molecule has 2 fully saturated rings. The maximum atomic E-state index is 12.4. The molecule has 10 heteroatoms. The summed E-state index contributed by atoms with van der Waals surface area (Å²) in [6.45, 7) is 4.90. The minimum atomic E-state index is -0.0281. The predicted octanol–water partition coefficient (Wildman–Crippen LogP) is -1.50. The molecule has 2 heterocycles. The Morgan fingerprint density at radius 3 is 2.04 bits per heavy atom. The second-order valence-electron chi connectivity index (χ2n) is 7.31. The van der Waals surface area contributed by atoms with E-state index in [0.29, 0.717) is 32.7 Å². The van der Waals surface area contributed by atoms with Gasteiger partial charge in [-0.05, 0) is 0 Å². The molecule has 4 atom stereocenters. The topological polar surface area (TPSA) is 89.4 Å². The van der Waals surface area contributed by atoms with Crippen LogP contribution in [0.2, 0.25) is 0 Å². The first-order valence-electron chi connectivity index (χ1n) is 9.15. The van der Waals surface area contributed by atoms with E-state index < -0.39 is 0 Å². The number of hydrogen-bond donors (Lipinski definition) is 2. The van der Waals surface area contributed by atoms with Crippen molar-refractivity contribution in [2.75, 3.05) is 46.3 Å². The van der Waals surface area contributed by atoms with Crippen molar-refractivity contribution in [1.29, 1.82) is 0 Å². The average Bonchev–Trinajstić information content (AvgIpc) is 3.16. The van der Waals surface area contributed by atoms with E-state index in [1.807, 2.05) is 11.9 Å². The number of Topliss-reactive ketones (excluding diaryl/α,β-unsaturated/α-hetero) is 1. The van der Waals surface area contributed by atoms with E-state index in [2.05, 4.69) is 25.3 Å². The molecule has 2 aliphatic heterocycles. The van der Waals surface area contributed by atoms with Crippen LogP contribution in [0.5, 0.6) is 0 Å². The van der Waals surface area contributed by atoms with Gasteiger partial charge in [-0.3, -0.25) is 0 Å². The van der Waals surface area contributed by atoms with Gasteiger partial charge >= 0.3 is 157 Å². The van der Waals surface area contributed by atoms with Crippen LogP contribution in [0.4, 0.5) is 0 Å². The third-order valence-electron chi connectivity index (χ3n) is 5.18. The molecule has 2 radical (unpaired) electrons. The fourth-order valence-corrected chi connectivity index (χ4v) is 3.94. The van der Waals surface area contributed by atoms with Gasteiger partial charge < -0.3 is 0 Å². The van der Waals surface area contributed by atoms with Crippen LogP contribution in [0.3, 0.4) is 0 Å². The summed E-state index contributed by atoms with van der Waals surface area (Å²) in [5.41, 5.74) is 0. The first-order valence-corrected chi connectivity index (χ1v) is 9.15. The second kappa shape index (κ2) is 10.2. The van der Waals surface area contributed by atoms with Crippen molar-refractivity contribution in [3.05, 3.63) is 0 Å². The van der Waals surface area contributed by atoms with Crippen molar-refractivity contribution < 1.29 is 9.59 Å². The molecule has 8 nitrogen and oxygen atoms in total. The molecular formula is C16H28B2N6O2. The molecule has 0 spiro atoms. The third kappa shape index (κ3) is 5.89. The van der Waals surface area contributed by atoms with E-state index in [1.54, 1.807) is 6.92 Å². The zero-order chi connectivity index (χ0) is 19.1. The average molecular weight is 358 g/mol. The molecule has 2 saturated heterocycles. The fourth-order valence-electron chi connectivity index (χ4n) is 3.94. The summed E-state index contributed by atoms with van der Waals surface area (Å²) in [5, 5.41) is 6.15. The number of amides is 1. The quantitative estimate of drug-likeness (QED) is 0.464. The number of carbonyl (C=O) groups is 2. The number of likely N-dealkylation sites (tertiary alicyclic amines) is 2. The molecule has 0 aromatic carbocycles. The zero-order valence-electron chi connectivity index (χ0n) is 15.7. The molecule has 0 aromatic rings. The van der Waals surface area contributed by atoms with E-state index in [0.717, 1.165) is 19.4 Å². The molecule has 0 aromatic heterocycles. The van der Waals surface area contributed by atoms with E-state index >= 15 is 0 Å². The van der Waals surface area contributed by atoms with Gasteiger partial charge in [0.15, 0.2) is 0 Å². The van der Waals surface area contributed by atoms with Crippen molar-refractivity contribution in [1.82, 2.24) is 20.4 Å². The van der Waals surface area contributed by atoms with Crippen LogP contribution in [0, 0.1) is 0 Å². The molecule has 140 valence electrons. The summed E-state index contributed by atoms with van der Waals surface area (Å²) in [7, 11) is 12.7. The van der Waals surface area contributed by atoms with E-state index in [4.69, 9.17) is 15.3 Å². The van der Waals surface area contributed by atoms with Crippen LogP contribution < -0.4 is 10.6 Å². The summed E-state index contributed by atoms with van der Waals surface area (Å²) in [6.07, 6.45) is 1.61. The van der Waals surface area contributed by atoms with Crippen LogP contribution in [-0.2, 0) is 9.59 Å². The Morgan fingerprint density at radius 2 is 1.54 bits per heavy atom. The van der Waals surface area contributed by atoms with Gasteiger partial charge in [0.25, 0.3) is 0 Å². The number of nitrogens with one attached hydrogen (secondary N) is 2. The van der Waals surface area contributed by atoms with Gasteiger partial charge in [-0.1, -0.05) is 0 Å². The van der Waals surface area contributed by atoms with Gasteiger partial charge in [-0.25, -0.2) is 0 Å². The standard InChI is InChI=1S/C16H28B2N6O2/c1-11(25)7-23-8-13(22-18)4-15(23)6-20-16(26)10-24-9-12(21-17)3-14(24)5-19-2/h12-15,19H,3-10H2,1-2H3,(H,20,26). The number of carbonyl (C=O) groups excluding carboxylic acids is 2. The first kappa shape index (κ1) is 21.1. The van der Waals surface area contributed by atoms with Crippen molar-refractivity contribution in [2.45, 2.75) is 43.9 Å². The number of nitrogens with zero attached hydrogens (tertiary/aromatic N) is 4. The van der Waals surface area contributed by atoms with Crippen LogP contribution >= 0.6 is 0 Å². The predicted molar refractivity (Wildman–Crippen MR) is 102 cm³/mol. The molecule has 2 N–H and O–H groups in total. The molecule has 26 heavy (non-hydrogen) atoms. The number of ketones is 1. The van der Waals surface area contributed by atoms with Crippen molar-refractivity contribution in [3.8, 4) is 0 Å². The summed E-state index contributed by atoms with van der Waals surface area (Å²) in [6, 6.07) is 0.429. The van der Waals surface area contributed by atoms with E-state index in [9.17, 15) is 9.59 Å². The molecule has 0 bridgehead atoms. The van der Waals surface area contributed by atoms with Crippen molar-refractivity contribution in [3.63, 3.8) is 0 Å². The maximum absolute atomic E-state index is 12.4. The summed E-state index contributed by atoms with van der Waals surface area (Å²) < 4.78 is 0. The van der Waals surface area contributed by atoms with Gasteiger partial charge in [0.1, 0.15) is 0 Å².